The van der Waals surface area contributed by atoms with E-state index in [0.29, 0.717) is 6.61 Å². The van der Waals surface area contributed by atoms with Gasteiger partial charge < -0.3 is 14.2 Å². The van der Waals surface area contributed by atoms with E-state index in [4.69, 9.17) is 14.2 Å². The van der Waals surface area contributed by atoms with E-state index >= 15 is 0 Å². The molecule has 3 heteroatoms. The van der Waals surface area contributed by atoms with Crippen molar-refractivity contribution in [2.75, 3.05) is 27.4 Å². The Morgan fingerprint density at radius 3 is 2.56 bits per heavy atom. The molecular weight excluding hydrogens is 228 g/mol. The van der Waals surface area contributed by atoms with Gasteiger partial charge in [-0.3, -0.25) is 0 Å². The highest BCUT2D eigenvalue weighted by Gasteiger charge is 2.20. The number of benzene rings is 1. The Hall–Kier alpha value is -1.22. The van der Waals surface area contributed by atoms with Crippen molar-refractivity contribution in [3.05, 3.63) is 23.8 Å². The quantitative estimate of drug-likeness (QED) is 0.694. The van der Waals surface area contributed by atoms with Gasteiger partial charge in [-0.1, -0.05) is 12.5 Å². The van der Waals surface area contributed by atoms with Crippen LogP contribution in [0.2, 0.25) is 0 Å². The zero-order valence-electron chi connectivity index (χ0n) is 11.3. The molecule has 1 aromatic carbocycles. The molecule has 2 rings (SSSR count). The van der Waals surface area contributed by atoms with Crippen LogP contribution in [0.1, 0.15) is 37.2 Å². The second-order valence-corrected chi connectivity index (χ2v) is 4.73. The lowest BCUT2D eigenvalue weighted by Gasteiger charge is -2.26. The molecule has 3 nitrogen and oxygen atoms in total. The van der Waals surface area contributed by atoms with Crippen LogP contribution in [0.3, 0.4) is 0 Å². The van der Waals surface area contributed by atoms with Crippen LogP contribution in [0.15, 0.2) is 18.2 Å². The van der Waals surface area contributed by atoms with Gasteiger partial charge in [0, 0.05) is 20.1 Å². The minimum atomic E-state index is 0.665. The average Bonchev–Trinajstić information content (AvgIpc) is 2.33. The summed E-state index contributed by atoms with van der Waals surface area (Å²) < 4.78 is 16.1. The predicted molar refractivity (Wildman–Crippen MR) is 71.6 cm³/mol. The average molecular weight is 250 g/mol. The van der Waals surface area contributed by atoms with Crippen LogP contribution in [0.25, 0.3) is 0 Å². The molecule has 0 atom stereocenters. The second kappa shape index (κ2) is 6.64. The smallest absolute Gasteiger partial charge is 0.161 e. The molecule has 0 unspecified atom stereocenters. The number of rotatable bonds is 7. The first-order valence-corrected chi connectivity index (χ1v) is 6.65. The van der Waals surface area contributed by atoms with Crippen LogP contribution in [-0.4, -0.2) is 27.4 Å². The number of hydrogen-bond acceptors (Lipinski definition) is 3. The van der Waals surface area contributed by atoms with Gasteiger partial charge in [-0.2, -0.15) is 0 Å². The van der Waals surface area contributed by atoms with Gasteiger partial charge >= 0.3 is 0 Å². The van der Waals surface area contributed by atoms with Crippen molar-refractivity contribution in [3.8, 4) is 11.5 Å². The molecule has 0 aromatic heterocycles. The Balaban J connectivity index is 1.99. The SMILES string of the molecule is COCCCOc1cc(C2CCC2)ccc1OC. The molecule has 1 aromatic rings. The maximum absolute atomic E-state index is 5.78. The maximum Gasteiger partial charge on any atom is 0.161 e. The molecule has 1 aliphatic rings. The lowest BCUT2D eigenvalue weighted by Crippen LogP contribution is -2.09. The summed E-state index contributed by atoms with van der Waals surface area (Å²) in [5.74, 6) is 2.39. The van der Waals surface area contributed by atoms with E-state index in [-0.39, 0.29) is 0 Å². The summed E-state index contributed by atoms with van der Waals surface area (Å²) >= 11 is 0. The lowest BCUT2D eigenvalue weighted by molar-refractivity contribution is 0.170. The summed E-state index contributed by atoms with van der Waals surface area (Å²) in [5.41, 5.74) is 1.38. The third-order valence-corrected chi connectivity index (χ3v) is 3.51. The molecule has 1 aliphatic carbocycles. The van der Waals surface area contributed by atoms with Gasteiger partial charge in [0.2, 0.25) is 0 Å². The Morgan fingerprint density at radius 1 is 1.11 bits per heavy atom. The Labute approximate surface area is 109 Å². The first-order valence-electron chi connectivity index (χ1n) is 6.65. The largest absolute Gasteiger partial charge is 0.493 e. The molecule has 0 bridgehead atoms. The zero-order chi connectivity index (χ0) is 12.8. The normalized spacial score (nSPS) is 15.2. The molecule has 0 amide bonds. The van der Waals surface area contributed by atoms with Crippen LogP contribution < -0.4 is 9.47 Å². The van der Waals surface area contributed by atoms with Crippen LogP contribution in [0.4, 0.5) is 0 Å². The summed E-state index contributed by atoms with van der Waals surface area (Å²) in [5, 5.41) is 0. The van der Waals surface area contributed by atoms with Crippen molar-refractivity contribution in [1.29, 1.82) is 0 Å². The number of hydrogen-bond donors (Lipinski definition) is 0. The van der Waals surface area contributed by atoms with Gasteiger partial charge in [0.25, 0.3) is 0 Å². The Bertz CT molecular complexity index is 372. The van der Waals surface area contributed by atoms with Crippen LogP contribution in [0.5, 0.6) is 11.5 Å². The van der Waals surface area contributed by atoms with Gasteiger partial charge in [-0.15, -0.1) is 0 Å². The van der Waals surface area contributed by atoms with Crippen LogP contribution in [0, 0.1) is 0 Å². The monoisotopic (exact) mass is 250 g/mol. The van der Waals surface area contributed by atoms with Gasteiger partial charge in [0.1, 0.15) is 0 Å². The molecule has 0 aliphatic heterocycles. The molecule has 0 spiro atoms. The highest BCUT2D eigenvalue weighted by atomic mass is 16.5. The van der Waals surface area contributed by atoms with E-state index in [1.807, 2.05) is 6.07 Å². The third-order valence-electron chi connectivity index (χ3n) is 3.51. The van der Waals surface area contributed by atoms with E-state index in [0.717, 1.165) is 30.4 Å². The van der Waals surface area contributed by atoms with Crippen molar-refractivity contribution >= 4 is 0 Å². The van der Waals surface area contributed by atoms with E-state index in [2.05, 4.69) is 12.1 Å². The molecule has 100 valence electrons. The zero-order valence-corrected chi connectivity index (χ0v) is 11.3. The minimum absolute atomic E-state index is 0.665. The molecule has 0 N–H and O–H groups in total. The molecule has 1 saturated carbocycles. The summed E-state index contributed by atoms with van der Waals surface area (Å²) in [6.07, 6.45) is 4.85. The van der Waals surface area contributed by atoms with Crippen molar-refractivity contribution in [2.24, 2.45) is 0 Å². The van der Waals surface area contributed by atoms with Gasteiger partial charge in [0.05, 0.1) is 13.7 Å². The van der Waals surface area contributed by atoms with E-state index in [1.54, 1.807) is 14.2 Å². The second-order valence-electron chi connectivity index (χ2n) is 4.73. The third kappa shape index (κ3) is 3.16. The van der Waals surface area contributed by atoms with E-state index < -0.39 is 0 Å². The van der Waals surface area contributed by atoms with Crippen molar-refractivity contribution in [1.82, 2.24) is 0 Å². The fraction of sp³-hybridized carbons (Fsp3) is 0.600. The number of ether oxygens (including phenoxy) is 3. The lowest BCUT2D eigenvalue weighted by atomic mass is 9.80. The Kier molecular flexibility index (Phi) is 4.88. The van der Waals surface area contributed by atoms with E-state index in [9.17, 15) is 0 Å². The Morgan fingerprint density at radius 2 is 1.94 bits per heavy atom. The van der Waals surface area contributed by atoms with E-state index in [1.165, 1.54) is 24.8 Å². The first-order chi connectivity index (χ1) is 8.85. The summed E-state index contributed by atoms with van der Waals surface area (Å²) in [6, 6.07) is 6.31. The standard InChI is InChI=1S/C15H22O3/c1-16-9-4-10-18-15-11-13(12-5-3-6-12)7-8-14(15)17-2/h7-8,11-12H,3-6,9-10H2,1-2H3. The van der Waals surface area contributed by atoms with Crippen molar-refractivity contribution < 1.29 is 14.2 Å². The fourth-order valence-corrected chi connectivity index (χ4v) is 2.19. The van der Waals surface area contributed by atoms with Gasteiger partial charge in [0.15, 0.2) is 11.5 Å². The topological polar surface area (TPSA) is 27.7 Å². The summed E-state index contributed by atoms with van der Waals surface area (Å²) in [6.45, 7) is 1.39. The molecule has 1 fully saturated rings. The highest BCUT2D eigenvalue weighted by Crippen LogP contribution is 2.39. The maximum atomic E-state index is 5.78. The minimum Gasteiger partial charge on any atom is -0.493 e. The van der Waals surface area contributed by atoms with Crippen molar-refractivity contribution in [2.45, 2.75) is 31.6 Å². The van der Waals surface area contributed by atoms with Gasteiger partial charge in [-0.05, 0) is 36.5 Å². The fourth-order valence-electron chi connectivity index (χ4n) is 2.19. The molecule has 0 saturated heterocycles. The summed E-state index contributed by atoms with van der Waals surface area (Å²) in [4.78, 5) is 0. The highest BCUT2D eigenvalue weighted by molar-refractivity contribution is 5.44. The van der Waals surface area contributed by atoms with Crippen LogP contribution in [-0.2, 0) is 4.74 Å². The molecule has 18 heavy (non-hydrogen) atoms. The first kappa shape index (κ1) is 13.2. The summed E-state index contributed by atoms with van der Waals surface area (Å²) in [7, 11) is 3.39. The molecular formula is C15H22O3. The van der Waals surface area contributed by atoms with Gasteiger partial charge in [-0.25, -0.2) is 0 Å². The molecule has 0 radical (unpaired) electrons. The molecule has 0 heterocycles. The number of methoxy groups -OCH3 is 2. The predicted octanol–water partition coefficient (Wildman–Crippen LogP) is 3.38. The van der Waals surface area contributed by atoms with Crippen molar-refractivity contribution in [3.63, 3.8) is 0 Å². The van der Waals surface area contributed by atoms with Crippen LogP contribution >= 0.6 is 0 Å².